The van der Waals surface area contributed by atoms with E-state index in [-0.39, 0.29) is 35.4 Å². The van der Waals surface area contributed by atoms with Crippen molar-refractivity contribution in [1.82, 2.24) is 10.2 Å². The second-order valence-corrected chi connectivity index (χ2v) is 9.69. The van der Waals surface area contributed by atoms with Gasteiger partial charge in [0.15, 0.2) is 0 Å². The first-order valence-corrected chi connectivity index (χ1v) is 11.9. The maximum absolute atomic E-state index is 13.7. The lowest BCUT2D eigenvalue weighted by Crippen LogP contribution is -2.39. The number of nitrogens with one attached hydrogen (secondary N) is 1. The van der Waals surface area contributed by atoms with Gasteiger partial charge in [0.2, 0.25) is 0 Å². The van der Waals surface area contributed by atoms with Crippen molar-refractivity contribution in [2.45, 2.75) is 50.2 Å². The van der Waals surface area contributed by atoms with Crippen molar-refractivity contribution in [1.29, 1.82) is 0 Å². The Balaban J connectivity index is 1.66. The Morgan fingerprint density at radius 3 is 2.11 bits per heavy atom. The van der Waals surface area contributed by atoms with Gasteiger partial charge in [0.25, 0.3) is 0 Å². The Kier molecular flexibility index (Phi) is 7.47. The molecule has 11 heteroatoms. The van der Waals surface area contributed by atoms with Crippen LogP contribution in [0.1, 0.15) is 54.0 Å². The summed E-state index contributed by atoms with van der Waals surface area (Å²) in [6.45, 7) is 2.35. The predicted octanol–water partition coefficient (Wildman–Crippen LogP) is 6.77. The topological polar surface area (TPSA) is 41.6 Å². The van der Waals surface area contributed by atoms with Crippen LogP contribution in [-0.2, 0) is 17.1 Å². The van der Waals surface area contributed by atoms with Gasteiger partial charge < -0.3 is 15.0 Å². The summed E-state index contributed by atoms with van der Waals surface area (Å²) in [5.74, 6) is -0.706. The molecule has 2 amide bonds. The summed E-state index contributed by atoms with van der Waals surface area (Å²) in [5, 5.41) is 2.60. The Morgan fingerprint density at radius 2 is 1.57 bits per heavy atom. The van der Waals surface area contributed by atoms with Crippen LogP contribution < -0.4 is 5.32 Å². The molecule has 4 rings (SSSR count). The molecule has 0 aromatic heterocycles. The number of fused-ring (bicyclic) bond motifs is 1. The summed E-state index contributed by atoms with van der Waals surface area (Å²) in [7, 11) is 1.53. The summed E-state index contributed by atoms with van der Waals surface area (Å²) in [5.41, 5.74) is -2.29. The third-order valence-corrected chi connectivity index (χ3v) is 7.39. The number of hydrogen-bond acceptors (Lipinski definition) is 2. The first-order valence-electron chi connectivity index (χ1n) is 11.9. The normalized spacial score (nSPS) is 25.1. The SMILES string of the molecule is CNC(=O)N1C[C@@H]2CC[C@H](O[C@H](C)c3cc(C(F)(F)F)cc(C(F)(F)F)c3)[C@@H](c3ccc(F)cc3)[C@@H]2C1. The van der Waals surface area contributed by atoms with Crippen molar-refractivity contribution in [3.63, 3.8) is 0 Å². The molecule has 1 saturated carbocycles. The van der Waals surface area contributed by atoms with E-state index in [0.717, 1.165) is 5.56 Å². The lowest BCUT2D eigenvalue weighted by molar-refractivity contribution is -0.143. The van der Waals surface area contributed by atoms with Gasteiger partial charge in [-0.05, 0) is 73.1 Å². The molecule has 0 bridgehead atoms. The van der Waals surface area contributed by atoms with Crippen LogP contribution in [-0.4, -0.2) is 37.2 Å². The van der Waals surface area contributed by atoms with E-state index >= 15 is 0 Å². The van der Waals surface area contributed by atoms with Crippen molar-refractivity contribution >= 4 is 6.03 Å². The van der Waals surface area contributed by atoms with Crippen LogP contribution in [0.25, 0.3) is 0 Å². The average Bonchev–Trinajstić information content (AvgIpc) is 3.27. The van der Waals surface area contributed by atoms with Gasteiger partial charge in [-0.1, -0.05) is 12.1 Å². The highest BCUT2D eigenvalue weighted by Gasteiger charge is 2.47. The van der Waals surface area contributed by atoms with Crippen LogP contribution in [0.5, 0.6) is 0 Å². The van der Waals surface area contributed by atoms with Gasteiger partial charge in [-0.2, -0.15) is 26.3 Å². The average molecular weight is 532 g/mol. The zero-order valence-electron chi connectivity index (χ0n) is 20.2. The molecule has 37 heavy (non-hydrogen) atoms. The summed E-state index contributed by atoms with van der Waals surface area (Å²) in [6.07, 6.45) is -10.4. The molecule has 2 aliphatic rings. The van der Waals surface area contributed by atoms with E-state index in [1.165, 1.54) is 26.1 Å². The van der Waals surface area contributed by atoms with Gasteiger partial charge >= 0.3 is 18.4 Å². The highest BCUT2D eigenvalue weighted by molar-refractivity contribution is 5.74. The molecule has 2 aromatic rings. The van der Waals surface area contributed by atoms with Gasteiger partial charge in [0, 0.05) is 26.1 Å². The van der Waals surface area contributed by atoms with Crippen molar-refractivity contribution in [2.24, 2.45) is 11.8 Å². The van der Waals surface area contributed by atoms with Gasteiger partial charge in [-0.15, -0.1) is 0 Å². The van der Waals surface area contributed by atoms with Crippen molar-refractivity contribution < 1.29 is 40.3 Å². The molecule has 0 unspecified atom stereocenters. The van der Waals surface area contributed by atoms with Gasteiger partial charge in [-0.3, -0.25) is 0 Å². The van der Waals surface area contributed by atoms with E-state index in [2.05, 4.69) is 5.32 Å². The molecule has 1 heterocycles. The first-order chi connectivity index (χ1) is 17.3. The van der Waals surface area contributed by atoms with Gasteiger partial charge in [0.05, 0.1) is 23.3 Å². The van der Waals surface area contributed by atoms with Crippen molar-refractivity contribution in [3.8, 4) is 0 Å². The van der Waals surface area contributed by atoms with Crippen LogP contribution in [0.2, 0.25) is 0 Å². The number of hydrogen-bond donors (Lipinski definition) is 1. The lowest BCUT2D eigenvalue weighted by Gasteiger charge is -2.41. The molecule has 1 N–H and O–H groups in total. The molecule has 4 nitrogen and oxygen atoms in total. The molecular weight excluding hydrogens is 505 g/mol. The van der Waals surface area contributed by atoms with E-state index in [0.29, 0.717) is 38.1 Å². The first kappa shape index (κ1) is 27.2. The Labute approximate surface area is 209 Å². The number of carbonyl (C=O) groups is 1. The number of likely N-dealkylation sites (tertiary alicyclic amines) is 1. The largest absolute Gasteiger partial charge is 0.416 e. The number of rotatable bonds is 4. The third-order valence-electron chi connectivity index (χ3n) is 7.39. The molecular formula is C26H27F7N2O2. The summed E-state index contributed by atoms with van der Waals surface area (Å²) in [4.78, 5) is 13.9. The summed E-state index contributed by atoms with van der Waals surface area (Å²) >= 11 is 0. The second-order valence-electron chi connectivity index (χ2n) is 9.69. The van der Waals surface area contributed by atoms with Gasteiger partial charge in [0.1, 0.15) is 5.82 Å². The van der Waals surface area contributed by atoms with Crippen LogP contribution in [0.15, 0.2) is 42.5 Å². The number of amides is 2. The third kappa shape index (κ3) is 5.86. The molecule has 2 fully saturated rings. The maximum Gasteiger partial charge on any atom is 0.416 e. The van der Waals surface area contributed by atoms with E-state index in [4.69, 9.17) is 4.74 Å². The number of urea groups is 1. The minimum atomic E-state index is -4.96. The fourth-order valence-electron chi connectivity index (χ4n) is 5.62. The van der Waals surface area contributed by atoms with E-state index in [9.17, 15) is 35.5 Å². The molecule has 2 aromatic carbocycles. The molecule has 5 atom stereocenters. The Morgan fingerprint density at radius 1 is 0.973 bits per heavy atom. The van der Waals surface area contributed by atoms with E-state index in [1.54, 1.807) is 17.0 Å². The molecule has 1 aliphatic carbocycles. The smallest absolute Gasteiger partial charge is 0.370 e. The summed E-state index contributed by atoms with van der Waals surface area (Å²) in [6, 6.07) is 7.04. The van der Waals surface area contributed by atoms with Crippen LogP contribution in [0.4, 0.5) is 35.5 Å². The minimum Gasteiger partial charge on any atom is -0.370 e. The standard InChI is InChI=1S/C26H27F7N2O2/c1-14(17-9-18(25(28,29)30)11-19(10-17)26(31,32)33)37-22-8-5-16-12-35(24(36)34-2)13-21(16)23(22)15-3-6-20(27)7-4-15/h3-4,6-7,9-11,14,16,21-23H,5,8,12-13H2,1-2H3,(H,34,36)/t14-,16+,21-,22+,23+/m1/s1. The van der Waals surface area contributed by atoms with E-state index in [1.807, 2.05) is 0 Å². The predicted molar refractivity (Wildman–Crippen MR) is 121 cm³/mol. The quantitative estimate of drug-likeness (QED) is 0.442. The van der Waals surface area contributed by atoms with Crippen LogP contribution in [0, 0.1) is 17.7 Å². The fraction of sp³-hybridized carbons (Fsp3) is 0.500. The fourth-order valence-corrected chi connectivity index (χ4v) is 5.62. The second kappa shape index (κ2) is 10.2. The van der Waals surface area contributed by atoms with Gasteiger partial charge in [-0.25, -0.2) is 9.18 Å². The highest BCUT2D eigenvalue weighted by Crippen LogP contribution is 2.48. The molecule has 202 valence electrons. The number of alkyl halides is 6. The number of halogens is 7. The lowest BCUT2D eigenvalue weighted by atomic mass is 9.69. The van der Waals surface area contributed by atoms with Crippen LogP contribution in [0.3, 0.4) is 0 Å². The zero-order chi connectivity index (χ0) is 27.1. The monoisotopic (exact) mass is 532 g/mol. The molecule has 1 aliphatic heterocycles. The number of benzene rings is 2. The minimum absolute atomic E-state index is 0.0686. The molecule has 0 radical (unpaired) electrons. The Hall–Kier alpha value is -2.82. The van der Waals surface area contributed by atoms with Crippen molar-refractivity contribution in [2.75, 3.05) is 20.1 Å². The molecule has 1 saturated heterocycles. The Bertz CT molecular complexity index is 1090. The number of ether oxygens (including phenoxy) is 1. The highest BCUT2D eigenvalue weighted by atomic mass is 19.4. The maximum atomic E-state index is 13.7. The molecule has 0 spiro atoms. The van der Waals surface area contributed by atoms with E-state index < -0.39 is 41.5 Å². The number of carbonyl (C=O) groups excluding carboxylic acids is 1. The number of nitrogens with zero attached hydrogens (tertiary/aromatic N) is 1. The zero-order valence-corrected chi connectivity index (χ0v) is 20.2. The van der Waals surface area contributed by atoms with Crippen LogP contribution >= 0.6 is 0 Å². The van der Waals surface area contributed by atoms with Crippen molar-refractivity contribution in [3.05, 3.63) is 70.5 Å². The summed E-state index contributed by atoms with van der Waals surface area (Å²) < 4.78 is 100.